The van der Waals surface area contributed by atoms with Crippen molar-refractivity contribution < 1.29 is 4.52 Å². The summed E-state index contributed by atoms with van der Waals surface area (Å²) in [6, 6.07) is 4.18. The van der Waals surface area contributed by atoms with Gasteiger partial charge in [-0.25, -0.2) is 4.98 Å². The Morgan fingerprint density at radius 3 is 3.16 bits per heavy atom. The predicted molar refractivity (Wildman–Crippen MR) is 70.7 cm³/mol. The predicted octanol–water partition coefficient (Wildman–Crippen LogP) is 1.53. The molecule has 0 aliphatic carbocycles. The molecule has 0 amide bonds. The third kappa shape index (κ3) is 2.34. The van der Waals surface area contributed by atoms with E-state index in [2.05, 4.69) is 27.4 Å². The number of rotatable bonds is 4. The maximum atomic E-state index is 5.30. The van der Waals surface area contributed by atoms with Gasteiger partial charge in [0.2, 0.25) is 0 Å². The van der Waals surface area contributed by atoms with Crippen molar-refractivity contribution in [3.8, 4) is 11.5 Å². The quantitative estimate of drug-likeness (QED) is 0.767. The lowest BCUT2D eigenvalue weighted by Gasteiger charge is -2.04. The van der Waals surface area contributed by atoms with Crippen molar-refractivity contribution in [1.82, 2.24) is 24.8 Å². The Hall–Kier alpha value is -2.21. The molecule has 3 rings (SSSR count). The molecule has 0 spiro atoms. The summed E-state index contributed by atoms with van der Waals surface area (Å²) in [5, 5.41) is 7.15. The fraction of sp³-hybridized carbons (Fsp3) is 0.308. The minimum absolute atomic E-state index is 0.321. The first-order valence-corrected chi connectivity index (χ1v) is 6.19. The van der Waals surface area contributed by atoms with Gasteiger partial charge in [0.15, 0.2) is 5.82 Å². The summed E-state index contributed by atoms with van der Waals surface area (Å²) in [5.74, 6) is 1.25. The molecule has 1 atom stereocenters. The Morgan fingerprint density at radius 2 is 2.32 bits per heavy atom. The third-order valence-electron chi connectivity index (χ3n) is 3.09. The molecule has 0 saturated carbocycles. The number of likely N-dealkylation sites (N-methyl/N-ethyl adjacent to an activating group) is 1. The van der Waals surface area contributed by atoms with Gasteiger partial charge in [-0.15, -0.1) is 0 Å². The van der Waals surface area contributed by atoms with Crippen LogP contribution in [0.25, 0.3) is 17.1 Å². The number of nitrogens with zero attached hydrogens (tertiary/aromatic N) is 4. The van der Waals surface area contributed by atoms with Gasteiger partial charge in [0, 0.05) is 31.1 Å². The van der Waals surface area contributed by atoms with Crippen LogP contribution in [0.15, 0.2) is 35.2 Å². The first kappa shape index (κ1) is 11.9. The second kappa shape index (κ2) is 4.81. The molecule has 0 aliphatic rings. The lowest BCUT2D eigenvalue weighted by atomic mass is 10.2. The van der Waals surface area contributed by atoms with Gasteiger partial charge in [0.25, 0.3) is 5.89 Å². The molecule has 3 aromatic heterocycles. The SMILES string of the molecule is CNC(C)Cc1noc(-c2ccc3nccn3c2)n1. The molecule has 1 unspecified atom stereocenters. The van der Waals surface area contributed by atoms with Crippen LogP contribution in [-0.4, -0.2) is 32.6 Å². The van der Waals surface area contributed by atoms with Crippen molar-refractivity contribution in [1.29, 1.82) is 0 Å². The zero-order valence-corrected chi connectivity index (χ0v) is 10.9. The van der Waals surface area contributed by atoms with E-state index in [-0.39, 0.29) is 0 Å². The Balaban J connectivity index is 1.89. The van der Waals surface area contributed by atoms with Crippen LogP contribution >= 0.6 is 0 Å². The van der Waals surface area contributed by atoms with E-state index in [0.29, 0.717) is 17.8 Å². The van der Waals surface area contributed by atoms with E-state index in [4.69, 9.17) is 4.52 Å². The van der Waals surface area contributed by atoms with Gasteiger partial charge in [-0.3, -0.25) is 0 Å². The van der Waals surface area contributed by atoms with E-state index in [1.807, 2.05) is 36.0 Å². The Kier molecular flexibility index (Phi) is 3.00. The summed E-state index contributed by atoms with van der Waals surface area (Å²) in [5.41, 5.74) is 1.79. The number of hydrogen-bond donors (Lipinski definition) is 1. The van der Waals surface area contributed by atoms with Crippen molar-refractivity contribution >= 4 is 5.65 Å². The molecule has 19 heavy (non-hydrogen) atoms. The van der Waals surface area contributed by atoms with E-state index < -0.39 is 0 Å². The highest BCUT2D eigenvalue weighted by Gasteiger charge is 2.11. The number of fused-ring (bicyclic) bond motifs is 1. The van der Waals surface area contributed by atoms with E-state index in [0.717, 1.165) is 17.6 Å². The molecular weight excluding hydrogens is 242 g/mol. The number of imidazole rings is 1. The summed E-state index contributed by atoms with van der Waals surface area (Å²) in [6.07, 6.45) is 6.32. The molecule has 1 N–H and O–H groups in total. The molecule has 98 valence electrons. The zero-order chi connectivity index (χ0) is 13.2. The maximum absolute atomic E-state index is 5.30. The first-order chi connectivity index (χ1) is 9.26. The number of nitrogens with one attached hydrogen (secondary N) is 1. The maximum Gasteiger partial charge on any atom is 0.259 e. The highest BCUT2D eigenvalue weighted by molar-refractivity contribution is 5.55. The van der Waals surface area contributed by atoms with E-state index in [1.54, 1.807) is 6.20 Å². The molecule has 0 radical (unpaired) electrons. The Morgan fingerprint density at radius 1 is 1.42 bits per heavy atom. The van der Waals surface area contributed by atoms with Gasteiger partial charge in [0.1, 0.15) is 5.65 Å². The van der Waals surface area contributed by atoms with Gasteiger partial charge in [-0.1, -0.05) is 5.16 Å². The van der Waals surface area contributed by atoms with Crippen molar-refractivity contribution in [3.63, 3.8) is 0 Å². The van der Waals surface area contributed by atoms with Gasteiger partial charge in [-0.2, -0.15) is 4.98 Å². The van der Waals surface area contributed by atoms with Crippen molar-refractivity contribution in [2.75, 3.05) is 7.05 Å². The minimum atomic E-state index is 0.321. The number of aromatic nitrogens is 4. The fourth-order valence-electron chi connectivity index (χ4n) is 1.88. The summed E-state index contributed by atoms with van der Waals surface area (Å²) in [4.78, 5) is 8.61. The van der Waals surface area contributed by atoms with Crippen LogP contribution in [0.3, 0.4) is 0 Å². The summed E-state index contributed by atoms with van der Waals surface area (Å²) in [7, 11) is 1.92. The van der Waals surface area contributed by atoms with Crippen molar-refractivity contribution in [2.24, 2.45) is 0 Å². The molecule has 0 saturated heterocycles. The third-order valence-corrected chi connectivity index (χ3v) is 3.09. The molecule has 0 aromatic carbocycles. The van der Waals surface area contributed by atoms with Crippen LogP contribution in [0.5, 0.6) is 0 Å². The molecule has 0 aliphatic heterocycles. The standard InChI is InChI=1S/C13H15N5O/c1-9(14-2)7-11-16-13(19-17-11)10-3-4-12-15-5-6-18(12)8-10/h3-6,8-9,14H,7H2,1-2H3. The molecule has 0 fully saturated rings. The monoisotopic (exact) mass is 257 g/mol. The molecule has 6 nitrogen and oxygen atoms in total. The summed E-state index contributed by atoms with van der Waals surface area (Å²) >= 11 is 0. The van der Waals surface area contributed by atoms with Crippen LogP contribution in [-0.2, 0) is 6.42 Å². The van der Waals surface area contributed by atoms with Crippen LogP contribution in [0.2, 0.25) is 0 Å². The van der Waals surface area contributed by atoms with Crippen LogP contribution in [0.4, 0.5) is 0 Å². The van der Waals surface area contributed by atoms with Gasteiger partial charge in [-0.05, 0) is 26.1 Å². The molecule has 3 aromatic rings. The lowest BCUT2D eigenvalue weighted by molar-refractivity contribution is 0.418. The largest absolute Gasteiger partial charge is 0.334 e. The zero-order valence-electron chi connectivity index (χ0n) is 10.9. The highest BCUT2D eigenvalue weighted by Crippen LogP contribution is 2.18. The average Bonchev–Trinajstić information content (AvgIpc) is 3.05. The topological polar surface area (TPSA) is 68.2 Å². The highest BCUT2D eigenvalue weighted by atomic mass is 16.5. The fourth-order valence-corrected chi connectivity index (χ4v) is 1.88. The molecule has 3 heterocycles. The van der Waals surface area contributed by atoms with Crippen LogP contribution < -0.4 is 5.32 Å². The summed E-state index contributed by atoms with van der Waals surface area (Å²) in [6.45, 7) is 2.08. The van der Waals surface area contributed by atoms with Gasteiger partial charge < -0.3 is 14.2 Å². The van der Waals surface area contributed by atoms with E-state index in [1.165, 1.54) is 0 Å². The second-order valence-electron chi connectivity index (χ2n) is 4.52. The van der Waals surface area contributed by atoms with Crippen molar-refractivity contribution in [2.45, 2.75) is 19.4 Å². The smallest absolute Gasteiger partial charge is 0.259 e. The molecule has 0 bridgehead atoms. The Bertz CT molecular complexity index is 687. The minimum Gasteiger partial charge on any atom is -0.334 e. The molecular formula is C13H15N5O. The number of pyridine rings is 1. The van der Waals surface area contributed by atoms with E-state index in [9.17, 15) is 0 Å². The van der Waals surface area contributed by atoms with Crippen LogP contribution in [0, 0.1) is 0 Å². The first-order valence-electron chi connectivity index (χ1n) is 6.19. The van der Waals surface area contributed by atoms with E-state index >= 15 is 0 Å². The van der Waals surface area contributed by atoms with Crippen LogP contribution in [0.1, 0.15) is 12.7 Å². The van der Waals surface area contributed by atoms with Gasteiger partial charge >= 0.3 is 0 Å². The number of hydrogen-bond acceptors (Lipinski definition) is 5. The summed E-state index contributed by atoms with van der Waals surface area (Å²) < 4.78 is 7.22. The lowest BCUT2D eigenvalue weighted by Crippen LogP contribution is -2.24. The molecule has 6 heteroatoms. The Labute approximate surface area is 110 Å². The normalized spacial score (nSPS) is 12.9. The van der Waals surface area contributed by atoms with Gasteiger partial charge in [0.05, 0.1) is 5.56 Å². The van der Waals surface area contributed by atoms with Crippen molar-refractivity contribution in [3.05, 3.63) is 36.5 Å². The average molecular weight is 257 g/mol. The second-order valence-corrected chi connectivity index (χ2v) is 4.52.